The molecule has 0 bridgehead atoms. The van der Waals surface area contributed by atoms with E-state index in [-0.39, 0.29) is 12.4 Å². The van der Waals surface area contributed by atoms with E-state index in [0.29, 0.717) is 10.6 Å². The summed E-state index contributed by atoms with van der Waals surface area (Å²) in [6, 6.07) is 4.59. The first-order valence-electron chi connectivity index (χ1n) is 5.14. The molecule has 1 aromatic rings. The van der Waals surface area contributed by atoms with Gasteiger partial charge in [0.15, 0.2) is 0 Å². The van der Waals surface area contributed by atoms with Crippen molar-refractivity contribution < 1.29 is 23.9 Å². The van der Waals surface area contributed by atoms with E-state index < -0.39 is 11.9 Å². The van der Waals surface area contributed by atoms with Crippen LogP contribution in [0.25, 0.3) is 0 Å². The first-order chi connectivity index (χ1) is 9.06. The minimum absolute atomic E-state index is 0.148. The van der Waals surface area contributed by atoms with Crippen molar-refractivity contribution in [2.45, 2.75) is 6.61 Å². The van der Waals surface area contributed by atoms with Crippen molar-refractivity contribution in [1.82, 2.24) is 0 Å². The summed E-state index contributed by atoms with van der Waals surface area (Å²) in [5.41, 5.74) is 0.661. The standard InChI is InChI=1S/C12H12ClNO5/c1-17-11(15)4-5-12(16)19-9-3-2-8(7-18-14)10(13)6-9/h2-6H,7,14H2,1H3/b5-4+. The molecule has 1 rings (SSSR count). The van der Waals surface area contributed by atoms with E-state index in [9.17, 15) is 9.59 Å². The molecule has 0 aliphatic heterocycles. The van der Waals surface area contributed by atoms with Crippen molar-refractivity contribution in [3.05, 3.63) is 40.9 Å². The first-order valence-corrected chi connectivity index (χ1v) is 5.52. The average molecular weight is 286 g/mol. The van der Waals surface area contributed by atoms with Crippen molar-refractivity contribution >= 4 is 23.5 Å². The number of ether oxygens (including phenoxy) is 2. The second-order valence-corrected chi connectivity index (χ2v) is 3.75. The van der Waals surface area contributed by atoms with E-state index in [4.69, 9.17) is 22.2 Å². The number of halogens is 1. The molecule has 0 saturated carbocycles. The van der Waals surface area contributed by atoms with Gasteiger partial charge in [-0.1, -0.05) is 17.7 Å². The lowest BCUT2D eigenvalue weighted by Crippen LogP contribution is -2.06. The molecule has 1 aromatic carbocycles. The van der Waals surface area contributed by atoms with Crippen LogP contribution in [-0.4, -0.2) is 19.0 Å². The molecule has 0 aromatic heterocycles. The van der Waals surface area contributed by atoms with Gasteiger partial charge in [-0.25, -0.2) is 15.5 Å². The number of methoxy groups -OCH3 is 1. The molecule has 0 radical (unpaired) electrons. The number of benzene rings is 1. The van der Waals surface area contributed by atoms with Gasteiger partial charge < -0.3 is 9.47 Å². The molecule has 19 heavy (non-hydrogen) atoms. The summed E-state index contributed by atoms with van der Waals surface area (Å²) in [5, 5.41) is 0.354. The van der Waals surface area contributed by atoms with E-state index in [1.54, 1.807) is 6.07 Å². The fourth-order valence-corrected chi connectivity index (χ4v) is 1.38. The molecule has 0 heterocycles. The summed E-state index contributed by atoms with van der Waals surface area (Å²) >= 11 is 5.92. The SMILES string of the molecule is COC(=O)/C=C/C(=O)Oc1ccc(CON)c(Cl)c1. The maximum Gasteiger partial charge on any atom is 0.336 e. The van der Waals surface area contributed by atoms with Crippen molar-refractivity contribution in [3.8, 4) is 5.75 Å². The molecule has 0 atom stereocenters. The Morgan fingerprint density at radius 2 is 2.00 bits per heavy atom. The van der Waals surface area contributed by atoms with Gasteiger partial charge in [0.2, 0.25) is 0 Å². The molecular formula is C12H12ClNO5. The number of esters is 2. The summed E-state index contributed by atoms with van der Waals surface area (Å²) in [7, 11) is 1.20. The van der Waals surface area contributed by atoms with E-state index in [2.05, 4.69) is 9.57 Å². The molecule has 0 aliphatic carbocycles. The van der Waals surface area contributed by atoms with E-state index >= 15 is 0 Å². The van der Waals surface area contributed by atoms with Crippen LogP contribution in [0.2, 0.25) is 5.02 Å². The third-order valence-electron chi connectivity index (χ3n) is 2.04. The van der Waals surface area contributed by atoms with Gasteiger partial charge in [0, 0.05) is 17.2 Å². The quantitative estimate of drug-likeness (QED) is 0.380. The highest BCUT2D eigenvalue weighted by molar-refractivity contribution is 6.31. The lowest BCUT2D eigenvalue weighted by Gasteiger charge is -2.05. The number of carbonyl (C=O) groups is 2. The summed E-state index contributed by atoms with van der Waals surface area (Å²) < 4.78 is 9.27. The van der Waals surface area contributed by atoms with Crippen molar-refractivity contribution in [2.75, 3.05) is 7.11 Å². The highest BCUT2D eigenvalue weighted by atomic mass is 35.5. The monoisotopic (exact) mass is 285 g/mol. The number of hydrogen-bond acceptors (Lipinski definition) is 6. The Hall–Kier alpha value is -1.89. The highest BCUT2D eigenvalue weighted by Crippen LogP contribution is 2.23. The molecule has 7 heteroatoms. The van der Waals surface area contributed by atoms with Gasteiger partial charge in [0.1, 0.15) is 5.75 Å². The van der Waals surface area contributed by atoms with Crippen LogP contribution in [0.5, 0.6) is 5.75 Å². The van der Waals surface area contributed by atoms with Gasteiger partial charge in [0.25, 0.3) is 0 Å². The number of hydrogen-bond donors (Lipinski definition) is 1. The molecule has 0 fully saturated rings. The van der Waals surface area contributed by atoms with Gasteiger partial charge in [0.05, 0.1) is 13.7 Å². The zero-order valence-electron chi connectivity index (χ0n) is 10.1. The number of nitrogens with two attached hydrogens (primary N) is 1. The molecule has 0 unspecified atom stereocenters. The lowest BCUT2D eigenvalue weighted by atomic mass is 10.2. The van der Waals surface area contributed by atoms with Crippen molar-refractivity contribution in [2.24, 2.45) is 5.90 Å². The van der Waals surface area contributed by atoms with Gasteiger partial charge in [-0.05, 0) is 17.7 Å². The molecule has 0 spiro atoms. The molecule has 0 aliphatic rings. The molecular weight excluding hydrogens is 274 g/mol. The average Bonchev–Trinajstić information content (AvgIpc) is 2.39. The minimum Gasteiger partial charge on any atom is -0.466 e. The largest absolute Gasteiger partial charge is 0.466 e. The van der Waals surface area contributed by atoms with Crippen LogP contribution in [-0.2, 0) is 25.8 Å². The Labute approximate surface area is 114 Å². The lowest BCUT2D eigenvalue weighted by molar-refractivity contribution is -0.135. The maximum absolute atomic E-state index is 11.4. The predicted molar refractivity (Wildman–Crippen MR) is 67.2 cm³/mol. The zero-order valence-corrected chi connectivity index (χ0v) is 10.8. The third-order valence-corrected chi connectivity index (χ3v) is 2.39. The fourth-order valence-electron chi connectivity index (χ4n) is 1.15. The summed E-state index contributed by atoms with van der Waals surface area (Å²) in [5.74, 6) is 3.81. The van der Waals surface area contributed by atoms with E-state index in [0.717, 1.165) is 12.2 Å². The summed E-state index contributed by atoms with van der Waals surface area (Å²) in [6.07, 6.45) is 1.91. The normalized spacial score (nSPS) is 10.5. The Kier molecular flexibility index (Phi) is 6.01. The summed E-state index contributed by atoms with van der Waals surface area (Å²) in [6.45, 7) is 0.148. The molecule has 6 nitrogen and oxygen atoms in total. The van der Waals surface area contributed by atoms with Gasteiger partial charge >= 0.3 is 11.9 Å². The van der Waals surface area contributed by atoms with Crippen molar-refractivity contribution in [1.29, 1.82) is 0 Å². The second-order valence-electron chi connectivity index (χ2n) is 3.34. The predicted octanol–water partition coefficient (Wildman–Crippen LogP) is 1.36. The number of rotatable bonds is 5. The Bertz CT molecular complexity index is 501. The van der Waals surface area contributed by atoms with Gasteiger partial charge in [-0.3, -0.25) is 4.84 Å². The van der Waals surface area contributed by atoms with Crippen LogP contribution >= 0.6 is 11.6 Å². The van der Waals surface area contributed by atoms with E-state index in [1.807, 2.05) is 0 Å². The number of carbonyl (C=O) groups excluding carboxylic acids is 2. The molecule has 0 saturated heterocycles. The molecule has 0 amide bonds. The highest BCUT2D eigenvalue weighted by Gasteiger charge is 2.06. The van der Waals surface area contributed by atoms with Crippen LogP contribution in [0.3, 0.4) is 0 Å². The van der Waals surface area contributed by atoms with E-state index in [1.165, 1.54) is 19.2 Å². The van der Waals surface area contributed by atoms with Gasteiger partial charge in [-0.2, -0.15) is 0 Å². The zero-order chi connectivity index (χ0) is 14.3. The van der Waals surface area contributed by atoms with Crippen LogP contribution < -0.4 is 10.6 Å². The van der Waals surface area contributed by atoms with Crippen LogP contribution in [0, 0.1) is 0 Å². The minimum atomic E-state index is -0.718. The smallest absolute Gasteiger partial charge is 0.336 e. The van der Waals surface area contributed by atoms with Gasteiger partial charge in [-0.15, -0.1) is 0 Å². The molecule has 102 valence electrons. The Morgan fingerprint density at radius 3 is 2.58 bits per heavy atom. The second kappa shape index (κ2) is 7.52. The maximum atomic E-state index is 11.4. The van der Waals surface area contributed by atoms with Crippen LogP contribution in [0.4, 0.5) is 0 Å². The summed E-state index contributed by atoms with van der Waals surface area (Å²) in [4.78, 5) is 26.6. The van der Waals surface area contributed by atoms with Crippen molar-refractivity contribution in [3.63, 3.8) is 0 Å². The third kappa shape index (κ3) is 5.09. The Balaban J connectivity index is 2.67. The van der Waals surface area contributed by atoms with Crippen LogP contribution in [0.1, 0.15) is 5.56 Å². The fraction of sp³-hybridized carbons (Fsp3) is 0.167. The van der Waals surface area contributed by atoms with Crippen LogP contribution in [0.15, 0.2) is 30.4 Å². The topological polar surface area (TPSA) is 87.9 Å². The molecule has 2 N–H and O–H groups in total. The Morgan fingerprint density at radius 1 is 1.32 bits per heavy atom. The first kappa shape index (κ1) is 15.2.